The fourth-order valence-electron chi connectivity index (χ4n) is 1.65. The minimum Gasteiger partial charge on any atom is -0.326 e. The summed E-state index contributed by atoms with van der Waals surface area (Å²) in [7, 11) is 0. The zero-order valence-electron chi connectivity index (χ0n) is 11.9. The van der Waals surface area contributed by atoms with E-state index < -0.39 is 0 Å². The quantitative estimate of drug-likeness (QED) is 0.671. The lowest BCUT2D eigenvalue weighted by atomic mass is 10.2. The lowest BCUT2D eigenvalue weighted by molar-refractivity contribution is -0.115. The van der Waals surface area contributed by atoms with Gasteiger partial charge in [-0.2, -0.15) is 0 Å². The minimum atomic E-state index is -0.0341. The van der Waals surface area contributed by atoms with Gasteiger partial charge in [0.1, 0.15) is 6.33 Å². The highest BCUT2D eigenvalue weighted by Gasteiger charge is 2.05. The number of hydrogen-bond donors (Lipinski definition) is 1. The van der Waals surface area contributed by atoms with E-state index in [2.05, 4.69) is 15.3 Å². The van der Waals surface area contributed by atoms with Gasteiger partial charge < -0.3 is 5.32 Å². The van der Waals surface area contributed by atoms with Crippen molar-refractivity contribution >= 4 is 35.0 Å². The zero-order valence-corrected chi connectivity index (χ0v) is 13.5. The van der Waals surface area contributed by atoms with Crippen LogP contribution in [0.2, 0.25) is 5.02 Å². The Morgan fingerprint density at radius 3 is 2.81 bits per heavy atom. The third-order valence-electron chi connectivity index (χ3n) is 2.81. The first-order chi connectivity index (χ1) is 10.0. The zero-order chi connectivity index (χ0) is 15.2. The van der Waals surface area contributed by atoms with Crippen molar-refractivity contribution in [3.05, 3.63) is 46.9 Å². The van der Waals surface area contributed by atoms with E-state index in [0.29, 0.717) is 17.2 Å². The molecule has 1 amide bonds. The summed E-state index contributed by atoms with van der Waals surface area (Å²) in [6.07, 6.45) is 1.95. The number of benzene rings is 1. The maximum atomic E-state index is 11.9. The van der Waals surface area contributed by atoms with E-state index in [4.69, 9.17) is 11.6 Å². The van der Waals surface area contributed by atoms with E-state index in [9.17, 15) is 4.79 Å². The molecule has 110 valence electrons. The maximum absolute atomic E-state index is 11.9. The van der Waals surface area contributed by atoms with E-state index >= 15 is 0 Å². The Labute approximate surface area is 133 Å². The molecular formula is C15H16ClN3OS. The van der Waals surface area contributed by atoms with Crippen LogP contribution < -0.4 is 5.32 Å². The molecule has 0 bridgehead atoms. The molecule has 0 saturated heterocycles. The molecule has 1 aromatic carbocycles. The number of aromatic nitrogens is 2. The largest absolute Gasteiger partial charge is 0.326 e. The summed E-state index contributed by atoms with van der Waals surface area (Å²) in [6.45, 7) is 3.84. The minimum absolute atomic E-state index is 0.0341. The van der Waals surface area contributed by atoms with Crippen LogP contribution in [0.3, 0.4) is 0 Å². The second kappa shape index (κ2) is 7.43. The average Bonchev–Trinajstić information content (AvgIpc) is 2.43. The summed E-state index contributed by atoms with van der Waals surface area (Å²) in [6, 6.07) is 7.40. The molecule has 1 N–H and O–H groups in total. The van der Waals surface area contributed by atoms with Crippen LogP contribution in [0.1, 0.15) is 17.7 Å². The molecule has 0 atom stereocenters. The van der Waals surface area contributed by atoms with Crippen molar-refractivity contribution < 1.29 is 4.79 Å². The smallest absolute Gasteiger partial charge is 0.225 e. The van der Waals surface area contributed by atoms with Gasteiger partial charge in [0, 0.05) is 28.6 Å². The van der Waals surface area contributed by atoms with Crippen LogP contribution in [0.5, 0.6) is 0 Å². The van der Waals surface area contributed by atoms with Crippen LogP contribution in [-0.4, -0.2) is 21.6 Å². The highest BCUT2D eigenvalue weighted by Crippen LogP contribution is 2.20. The lowest BCUT2D eigenvalue weighted by Crippen LogP contribution is -2.12. The van der Waals surface area contributed by atoms with E-state index in [1.165, 1.54) is 6.33 Å². The fraction of sp³-hybridized carbons (Fsp3) is 0.267. The van der Waals surface area contributed by atoms with Crippen LogP contribution in [0.4, 0.5) is 5.69 Å². The Kier molecular flexibility index (Phi) is 5.59. The van der Waals surface area contributed by atoms with Gasteiger partial charge in [-0.1, -0.05) is 17.7 Å². The number of aryl methyl sites for hydroxylation is 2. The molecule has 0 aliphatic rings. The normalized spacial score (nSPS) is 10.4. The van der Waals surface area contributed by atoms with Crippen LogP contribution in [0.25, 0.3) is 0 Å². The van der Waals surface area contributed by atoms with Crippen LogP contribution in [-0.2, 0) is 4.79 Å². The Morgan fingerprint density at radius 2 is 2.10 bits per heavy atom. The first kappa shape index (κ1) is 15.8. The first-order valence-corrected chi connectivity index (χ1v) is 7.88. The Hall–Kier alpha value is -1.59. The predicted octanol–water partition coefficient (Wildman–Crippen LogP) is 3.87. The number of halogens is 1. The first-order valence-electron chi connectivity index (χ1n) is 6.52. The van der Waals surface area contributed by atoms with Gasteiger partial charge in [-0.25, -0.2) is 9.97 Å². The number of thioether (sulfide) groups is 1. The number of anilines is 1. The van der Waals surface area contributed by atoms with Crippen LogP contribution >= 0.6 is 23.4 Å². The molecule has 0 fully saturated rings. The number of hydrogen-bond acceptors (Lipinski definition) is 4. The summed E-state index contributed by atoms with van der Waals surface area (Å²) in [5, 5.41) is 4.37. The van der Waals surface area contributed by atoms with Gasteiger partial charge in [0.25, 0.3) is 0 Å². The van der Waals surface area contributed by atoms with Gasteiger partial charge in [0.2, 0.25) is 5.91 Å². The van der Waals surface area contributed by atoms with Gasteiger partial charge in [-0.05, 0) is 37.6 Å². The van der Waals surface area contributed by atoms with Crippen molar-refractivity contribution in [3.63, 3.8) is 0 Å². The highest BCUT2D eigenvalue weighted by atomic mass is 35.5. The van der Waals surface area contributed by atoms with Gasteiger partial charge in [-0.15, -0.1) is 11.8 Å². The summed E-state index contributed by atoms with van der Waals surface area (Å²) >= 11 is 7.57. The van der Waals surface area contributed by atoms with Gasteiger partial charge in [0.05, 0.1) is 5.03 Å². The van der Waals surface area contributed by atoms with Gasteiger partial charge >= 0.3 is 0 Å². The third-order valence-corrected chi connectivity index (χ3v) is 4.15. The molecule has 0 unspecified atom stereocenters. The summed E-state index contributed by atoms with van der Waals surface area (Å²) < 4.78 is 0. The molecule has 2 rings (SSSR count). The summed E-state index contributed by atoms with van der Waals surface area (Å²) in [5.74, 6) is 0.634. The second-order valence-corrected chi connectivity index (χ2v) is 6.13. The third kappa shape index (κ3) is 5.02. The SMILES string of the molecule is Cc1cc(SCCC(=O)Nc2ccc(C)c(Cl)c2)ncn1. The van der Waals surface area contributed by atoms with Crippen LogP contribution in [0.15, 0.2) is 35.6 Å². The summed E-state index contributed by atoms with van der Waals surface area (Å²) in [5.41, 5.74) is 2.63. The Balaban J connectivity index is 1.81. The molecule has 4 nitrogen and oxygen atoms in total. The number of amides is 1. The van der Waals surface area contributed by atoms with Gasteiger partial charge in [-0.3, -0.25) is 4.79 Å². The summed E-state index contributed by atoms with van der Waals surface area (Å²) in [4.78, 5) is 20.0. The molecule has 0 spiro atoms. The second-order valence-electron chi connectivity index (χ2n) is 4.61. The standard InChI is InChI=1S/C15H16ClN3OS/c1-10-3-4-12(8-13(10)16)19-14(20)5-6-21-15-7-11(2)17-9-18-15/h3-4,7-9H,5-6H2,1-2H3,(H,19,20). The fourth-order valence-corrected chi connectivity index (χ4v) is 2.70. The monoisotopic (exact) mass is 321 g/mol. The highest BCUT2D eigenvalue weighted by molar-refractivity contribution is 7.99. The molecule has 0 saturated carbocycles. The Morgan fingerprint density at radius 1 is 1.29 bits per heavy atom. The van der Waals surface area contributed by atoms with E-state index in [-0.39, 0.29) is 5.91 Å². The predicted molar refractivity (Wildman–Crippen MR) is 86.9 cm³/mol. The van der Waals surface area contributed by atoms with Crippen molar-refractivity contribution in [2.45, 2.75) is 25.3 Å². The molecular weight excluding hydrogens is 306 g/mol. The van der Waals surface area contributed by atoms with Crippen molar-refractivity contribution in [2.24, 2.45) is 0 Å². The van der Waals surface area contributed by atoms with Crippen molar-refractivity contribution in [1.29, 1.82) is 0 Å². The number of carbonyl (C=O) groups is 1. The molecule has 0 aliphatic carbocycles. The van der Waals surface area contributed by atoms with E-state index in [1.807, 2.05) is 32.0 Å². The topological polar surface area (TPSA) is 54.9 Å². The van der Waals surface area contributed by atoms with E-state index in [0.717, 1.165) is 22.0 Å². The van der Waals surface area contributed by atoms with Crippen molar-refractivity contribution in [3.8, 4) is 0 Å². The molecule has 0 radical (unpaired) electrons. The molecule has 0 aliphatic heterocycles. The molecule has 2 aromatic rings. The molecule has 1 aromatic heterocycles. The van der Waals surface area contributed by atoms with Gasteiger partial charge in [0.15, 0.2) is 0 Å². The Bertz CT molecular complexity index is 649. The van der Waals surface area contributed by atoms with E-state index in [1.54, 1.807) is 17.8 Å². The number of nitrogens with zero attached hydrogens (tertiary/aromatic N) is 2. The van der Waals surface area contributed by atoms with Crippen LogP contribution in [0, 0.1) is 13.8 Å². The number of nitrogens with one attached hydrogen (secondary N) is 1. The average molecular weight is 322 g/mol. The molecule has 1 heterocycles. The number of rotatable bonds is 5. The van der Waals surface area contributed by atoms with Crippen molar-refractivity contribution in [1.82, 2.24) is 9.97 Å². The molecule has 6 heteroatoms. The maximum Gasteiger partial charge on any atom is 0.225 e. The molecule has 21 heavy (non-hydrogen) atoms. The lowest BCUT2D eigenvalue weighted by Gasteiger charge is -2.06. The van der Waals surface area contributed by atoms with Crippen molar-refractivity contribution in [2.75, 3.05) is 11.1 Å². The number of carbonyl (C=O) groups excluding carboxylic acids is 1.